The third kappa shape index (κ3) is 27.3. The summed E-state index contributed by atoms with van der Waals surface area (Å²) >= 11 is 0. The van der Waals surface area contributed by atoms with E-state index in [4.69, 9.17) is 0 Å². The van der Waals surface area contributed by atoms with Crippen LogP contribution in [-0.4, -0.2) is 72.4 Å². The number of allylic oxidation sites excluding steroid dienone is 15. The minimum Gasteiger partial charge on any atom is -1.00 e. The van der Waals surface area contributed by atoms with Crippen LogP contribution < -0.4 is 63.2 Å². The number of benzene rings is 6. The molecule has 3 aliphatic rings. The molecule has 6 aromatic rings. The molecule has 0 unspecified atom stereocenters. The smallest absolute Gasteiger partial charge is 0.417 e. The Bertz CT molecular complexity index is 4460. The molecule has 3 aliphatic carbocycles. The second-order valence-corrected chi connectivity index (χ2v) is 28.2. The summed E-state index contributed by atoms with van der Waals surface area (Å²) in [6.45, 7) is 33.9. The standard InChI is InChI=1S/C34H43F3N2.C30H35F3N2.C29H35N3O2.3ClH/c1-6-9-20-38-31-18-16-27(23-25(31)4)33(29-14-12-13-15-30(29)34(35,36)37)28-17-19-32(26(5)24-28)39(21-10-7-2)22-11-8-3;1-5-7-17-34-27-15-13-23(19-21(27)3)29(25-11-9-10-12-26(25)30(31,32)33)24-14-16-28(22(4)20-24)35-18-8-6-2;1-5-7-17-30-26-15-13-23(19-21(26)3)29(25-11-9-10-12-28(25)32(33)34)24-14-16-27(22(4)20-24)31-18-8-6-2;;;/h12-19,23-24H,6-11,20-22H2,1-5H3;9-16,19-20,34H,5-8,17-18H2,1-4H3;9-16,19-20,30H,5-8,17-18H2,1-4H3;3*1H. The number of para-hydroxylation sites is 1. The minimum atomic E-state index is -4.45. The molecule has 0 bridgehead atoms. The van der Waals surface area contributed by atoms with Crippen LogP contribution in [0.25, 0.3) is 16.7 Å². The number of hydrogen-bond acceptors (Lipinski definition) is 5. The lowest BCUT2D eigenvalue weighted by Gasteiger charge is -2.21. The van der Waals surface area contributed by atoms with Crippen molar-refractivity contribution in [2.75, 3.05) is 61.8 Å². The summed E-state index contributed by atoms with van der Waals surface area (Å²) in [5.41, 5.74) is 19.8. The van der Waals surface area contributed by atoms with E-state index >= 15 is 0 Å². The molecule has 0 fully saturated rings. The Morgan fingerprint density at radius 1 is 0.396 bits per heavy atom. The van der Waals surface area contributed by atoms with E-state index < -0.39 is 23.5 Å². The van der Waals surface area contributed by atoms with E-state index in [1.54, 1.807) is 36.4 Å². The molecule has 0 amide bonds. The lowest BCUT2D eigenvalue weighted by molar-refractivity contribution is -0.527. The average molecular weight is 1580 g/mol. The molecule has 111 heavy (non-hydrogen) atoms. The summed E-state index contributed by atoms with van der Waals surface area (Å²) in [5, 5.41) is 22.3. The highest BCUT2D eigenvalue weighted by molar-refractivity contribution is 6.09. The van der Waals surface area contributed by atoms with Gasteiger partial charge < -0.3 is 53.2 Å². The van der Waals surface area contributed by atoms with Crippen molar-refractivity contribution in [2.24, 2.45) is 0 Å². The maximum Gasteiger partial charge on any atom is 0.417 e. The fourth-order valence-corrected chi connectivity index (χ4v) is 13.5. The van der Waals surface area contributed by atoms with Crippen molar-refractivity contribution in [1.82, 2.24) is 0 Å². The summed E-state index contributed by atoms with van der Waals surface area (Å²) < 4.78 is 87.2. The van der Waals surface area contributed by atoms with Gasteiger partial charge in [0.1, 0.15) is 26.2 Å². The molecule has 9 rings (SSSR count). The van der Waals surface area contributed by atoms with Crippen LogP contribution in [0.5, 0.6) is 0 Å². The normalized spacial score (nSPS) is 15.3. The molecular formula is C93H116Cl3F6N7O2. The van der Waals surface area contributed by atoms with Gasteiger partial charge in [0.25, 0.3) is 5.69 Å². The number of unbranched alkanes of at least 4 members (excludes halogenated alkanes) is 7. The highest BCUT2D eigenvalue weighted by Gasteiger charge is 2.37. The lowest BCUT2D eigenvalue weighted by Crippen LogP contribution is -3.00. The number of nitro benzene ring substituents is 1. The van der Waals surface area contributed by atoms with Crippen LogP contribution in [0.15, 0.2) is 216 Å². The van der Waals surface area contributed by atoms with Crippen LogP contribution in [0.4, 0.5) is 49.1 Å². The quantitative estimate of drug-likeness (QED) is 0.00979. The number of nitrogens with one attached hydrogen (secondary N) is 5. The highest BCUT2D eigenvalue weighted by Crippen LogP contribution is 2.43. The van der Waals surface area contributed by atoms with E-state index in [-0.39, 0.29) is 59.0 Å². The number of alkyl halides is 6. The van der Waals surface area contributed by atoms with Gasteiger partial charge in [-0.15, -0.1) is 0 Å². The summed E-state index contributed by atoms with van der Waals surface area (Å²) in [6, 6.07) is 36.9. The molecule has 0 spiro atoms. The fraction of sp³-hybridized carbons (Fsp3) is 0.387. The number of nitrogens with zero attached hydrogens (tertiary/aromatic N) is 2. The van der Waals surface area contributed by atoms with Crippen molar-refractivity contribution in [3.8, 4) is 0 Å². The molecule has 9 nitrogen and oxygen atoms in total. The number of hydrogen-bond donors (Lipinski definition) is 5. The molecular weight excluding hydrogens is 1470 g/mol. The molecule has 6 aromatic carbocycles. The molecule has 0 heterocycles. The Labute approximate surface area is 676 Å². The van der Waals surface area contributed by atoms with Crippen molar-refractivity contribution in [3.63, 3.8) is 0 Å². The Morgan fingerprint density at radius 3 is 1.05 bits per heavy atom. The highest BCUT2D eigenvalue weighted by atomic mass is 35.5. The largest absolute Gasteiger partial charge is 1.00 e. The lowest BCUT2D eigenvalue weighted by atomic mass is 9.86. The zero-order valence-electron chi connectivity index (χ0n) is 67.3. The van der Waals surface area contributed by atoms with Gasteiger partial charge in [0.15, 0.2) is 0 Å². The van der Waals surface area contributed by atoms with E-state index in [1.165, 1.54) is 18.2 Å². The Balaban J connectivity index is 0.000000347. The number of halogens is 9. The predicted molar refractivity (Wildman–Crippen MR) is 443 cm³/mol. The summed E-state index contributed by atoms with van der Waals surface area (Å²) in [7, 11) is 0. The number of anilines is 3. The first-order valence-corrected chi connectivity index (χ1v) is 39.2. The second-order valence-electron chi connectivity index (χ2n) is 28.2. The van der Waals surface area contributed by atoms with E-state index in [0.717, 1.165) is 248 Å². The van der Waals surface area contributed by atoms with Gasteiger partial charge in [0.2, 0.25) is 17.1 Å². The van der Waals surface area contributed by atoms with Gasteiger partial charge in [-0.25, -0.2) is 14.6 Å². The van der Waals surface area contributed by atoms with Gasteiger partial charge in [-0.2, -0.15) is 26.3 Å². The van der Waals surface area contributed by atoms with E-state index in [0.29, 0.717) is 16.7 Å². The molecule has 0 atom stereocenters. The Hall–Kier alpha value is -8.76. The predicted octanol–water partition coefficient (Wildman–Crippen LogP) is 13.2. The first-order chi connectivity index (χ1) is 51.9. The zero-order valence-corrected chi connectivity index (χ0v) is 69.6. The van der Waals surface area contributed by atoms with Crippen LogP contribution in [0.1, 0.15) is 220 Å². The summed E-state index contributed by atoms with van der Waals surface area (Å²) in [4.78, 5) is 18.5. The summed E-state index contributed by atoms with van der Waals surface area (Å²) in [6.07, 6.45) is 24.9. The molecule has 5 N–H and O–H groups in total. The van der Waals surface area contributed by atoms with E-state index in [1.807, 2.05) is 93.6 Å². The zero-order chi connectivity index (χ0) is 78.3. The van der Waals surface area contributed by atoms with Crippen molar-refractivity contribution in [1.29, 1.82) is 0 Å². The fourth-order valence-electron chi connectivity index (χ4n) is 13.5. The van der Waals surface area contributed by atoms with E-state index in [2.05, 4.69) is 148 Å². The third-order valence-electron chi connectivity index (χ3n) is 19.6. The average Bonchev–Trinajstić information content (AvgIpc) is 0.792. The van der Waals surface area contributed by atoms with Crippen molar-refractivity contribution >= 4 is 56.6 Å². The van der Waals surface area contributed by atoms with Gasteiger partial charge in [-0.3, -0.25) is 10.1 Å². The Kier molecular flexibility index (Phi) is 40.5. The maximum absolute atomic E-state index is 14.2. The van der Waals surface area contributed by atoms with Crippen LogP contribution >= 0.6 is 0 Å². The first kappa shape index (κ1) is 94.6. The topological polar surface area (TPSA) is 110 Å². The molecule has 0 saturated heterocycles. The minimum absolute atomic E-state index is 0. The van der Waals surface area contributed by atoms with Crippen LogP contribution in [0, 0.1) is 30.9 Å². The van der Waals surface area contributed by atoms with Crippen molar-refractivity contribution < 1.29 is 83.0 Å². The third-order valence-corrected chi connectivity index (χ3v) is 19.6. The van der Waals surface area contributed by atoms with E-state index in [9.17, 15) is 36.5 Å². The molecule has 0 aliphatic heterocycles. The van der Waals surface area contributed by atoms with Gasteiger partial charge in [0, 0.05) is 109 Å². The second kappa shape index (κ2) is 47.6. The number of nitro groups is 1. The van der Waals surface area contributed by atoms with Crippen LogP contribution in [0.3, 0.4) is 0 Å². The van der Waals surface area contributed by atoms with Gasteiger partial charge in [-0.1, -0.05) is 160 Å². The molecule has 0 saturated carbocycles. The number of rotatable bonds is 31. The van der Waals surface area contributed by atoms with Crippen LogP contribution in [-0.2, 0) is 12.4 Å². The monoisotopic (exact) mass is 1580 g/mol. The molecule has 0 radical (unpaired) electrons. The SMILES string of the molecule is CCCCNc1ccc(C(=C2C=CC(=[N+](CCCC)CCCC)C(C)=C2)c2ccccc2C(F)(F)F)cc1C.CCCCNc1ccc(C(=C2C=CC(=[NH+]CCCC)C(C)=C2)c2ccccc2C(F)(F)F)cc1C.CCCCNc1ccc(C(=C2C=CC(=[NH+]CCCC)C(C)=C2)c2ccccc2[N+](=O)[O-])cc1C.[Cl-].[Cl-].[Cl-]. The maximum atomic E-state index is 14.2. The van der Waals surface area contributed by atoms with Gasteiger partial charge >= 0.3 is 12.4 Å². The van der Waals surface area contributed by atoms with Crippen molar-refractivity contribution in [2.45, 2.75) is 192 Å². The molecule has 598 valence electrons. The van der Waals surface area contributed by atoms with Gasteiger partial charge in [-0.05, 0) is 224 Å². The summed E-state index contributed by atoms with van der Waals surface area (Å²) in [5.74, 6) is 0. The Morgan fingerprint density at radius 2 is 0.721 bits per heavy atom. The molecule has 18 heteroatoms. The first-order valence-electron chi connectivity index (χ1n) is 39.2. The number of aryl methyl sites for hydroxylation is 3. The molecule has 0 aromatic heterocycles. The van der Waals surface area contributed by atoms with Crippen molar-refractivity contribution in [3.05, 3.63) is 287 Å². The van der Waals surface area contributed by atoms with Crippen LogP contribution in [0.2, 0.25) is 0 Å². The van der Waals surface area contributed by atoms with Gasteiger partial charge in [0.05, 0.1) is 21.6 Å².